The summed E-state index contributed by atoms with van der Waals surface area (Å²) in [4.78, 5) is 12.7. The van der Waals surface area contributed by atoms with Crippen LogP contribution in [0.2, 0.25) is 0 Å². The normalized spacial score (nSPS) is 14.2. The van der Waals surface area contributed by atoms with Crippen molar-refractivity contribution in [3.8, 4) is 0 Å². The highest BCUT2D eigenvalue weighted by Crippen LogP contribution is 2.24. The monoisotopic (exact) mass is 309 g/mol. The van der Waals surface area contributed by atoms with Crippen molar-refractivity contribution in [1.82, 2.24) is 5.32 Å². The lowest BCUT2D eigenvalue weighted by atomic mass is 9.95. The molecule has 0 saturated heterocycles. The first-order valence-corrected chi connectivity index (χ1v) is 8.44. The van der Waals surface area contributed by atoms with E-state index in [1.165, 1.54) is 16.0 Å². The van der Waals surface area contributed by atoms with E-state index < -0.39 is 11.5 Å². The third-order valence-corrected chi connectivity index (χ3v) is 4.73. The van der Waals surface area contributed by atoms with Crippen LogP contribution in [0, 0.1) is 13.8 Å². The molecule has 0 aliphatic carbocycles. The van der Waals surface area contributed by atoms with Crippen molar-refractivity contribution in [2.75, 3.05) is 5.75 Å². The second kappa shape index (κ2) is 7.85. The Morgan fingerprint density at radius 1 is 1.33 bits per heavy atom. The minimum Gasteiger partial charge on any atom is -0.480 e. The maximum Gasteiger partial charge on any atom is 0.323 e. The average Bonchev–Trinajstić information content (AvgIpc) is 2.38. The van der Waals surface area contributed by atoms with Gasteiger partial charge in [-0.25, -0.2) is 0 Å². The van der Waals surface area contributed by atoms with Gasteiger partial charge >= 0.3 is 5.97 Å². The number of carbonyl (C=O) groups is 1. The minimum atomic E-state index is -0.835. The van der Waals surface area contributed by atoms with Crippen molar-refractivity contribution in [3.63, 3.8) is 0 Å². The summed E-state index contributed by atoms with van der Waals surface area (Å²) in [6.45, 7) is 9.96. The quantitative estimate of drug-likeness (QED) is 0.562. The van der Waals surface area contributed by atoms with Crippen LogP contribution in [0.25, 0.3) is 0 Å². The number of benzene rings is 1. The van der Waals surface area contributed by atoms with Gasteiger partial charge < -0.3 is 5.11 Å². The predicted molar refractivity (Wildman–Crippen MR) is 90.2 cm³/mol. The SMILES string of the molecule is Cc1ccc(SCCCC(C)(NC(C)C)C(=O)O)cc1C. The van der Waals surface area contributed by atoms with Gasteiger partial charge in [0, 0.05) is 10.9 Å². The van der Waals surface area contributed by atoms with E-state index >= 15 is 0 Å². The molecule has 0 spiro atoms. The fourth-order valence-corrected chi connectivity index (χ4v) is 3.25. The van der Waals surface area contributed by atoms with Crippen LogP contribution in [0.5, 0.6) is 0 Å². The van der Waals surface area contributed by atoms with Gasteiger partial charge in [-0.1, -0.05) is 6.07 Å². The molecular weight excluding hydrogens is 282 g/mol. The van der Waals surface area contributed by atoms with Crippen molar-refractivity contribution >= 4 is 17.7 Å². The number of carboxylic acid groups (broad SMARTS) is 1. The lowest BCUT2D eigenvalue weighted by Gasteiger charge is -2.28. The van der Waals surface area contributed by atoms with E-state index in [9.17, 15) is 9.90 Å². The highest BCUT2D eigenvalue weighted by Gasteiger charge is 2.32. The van der Waals surface area contributed by atoms with Gasteiger partial charge in [0.2, 0.25) is 0 Å². The number of aliphatic carboxylic acids is 1. The van der Waals surface area contributed by atoms with Gasteiger partial charge in [-0.05, 0) is 76.5 Å². The number of hydrogen-bond acceptors (Lipinski definition) is 3. The second-order valence-corrected chi connectivity index (χ2v) is 7.30. The fraction of sp³-hybridized carbons (Fsp3) is 0.588. The van der Waals surface area contributed by atoms with Gasteiger partial charge in [0.1, 0.15) is 5.54 Å². The van der Waals surface area contributed by atoms with E-state index in [4.69, 9.17) is 0 Å². The van der Waals surface area contributed by atoms with Crippen LogP contribution in [0.4, 0.5) is 0 Å². The molecule has 0 bridgehead atoms. The van der Waals surface area contributed by atoms with E-state index in [-0.39, 0.29) is 6.04 Å². The number of hydrogen-bond donors (Lipinski definition) is 2. The molecule has 0 fully saturated rings. The third-order valence-electron chi connectivity index (χ3n) is 3.65. The molecule has 0 saturated carbocycles. The van der Waals surface area contributed by atoms with E-state index in [0.29, 0.717) is 6.42 Å². The van der Waals surface area contributed by atoms with E-state index in [0.717, 1.165) is 12.2 Å². The van der Waals surface area contributed by atoms with Crippen molar-refractivity contribution in [2.45, 2.75) is 63.9 Å². The first kappa shape index (κ1) is 18.1. The zero-order valence-electron chi connectivity index (χ0n) is 13.7. The van der Waals surface area contributed by atoms with E-state index in [1.54, 1.807) is 18.7 Å². The summed E-state index contributed by atoms with van der Waals surface area (Å²) in [7, 11) is 0. The molecular formula is C17H27NO2S. The molecule has 0 heterocycles. The first-order valence-electron chi connectivity index (χ1n) is 7.46. The maximum atomic E-state index is 11.4. The first-order chi connectivity index (χ1) is 9.74. The molecule has 2 N–H and O–H groups in total. The molecule has 0 radical (unpaired) electrons. The summed E-state index contributed by atoms with van der Waals surface area (Å²) < 4.78 is 0. The van der Waals surface area contributed by atoms with Crippen LogP contribution in [0.3, 0.4) is 0 Å². The van der Waals surface area contributed by atoms with Crippen molar-refractivity contribution < 1.29 is 9.90 Å². The predicted octanol–water partition coefficient (Wildman–Crippen LogP) is 4.02. The topological polar surface area (TPSA) is 49.3 Å². The Morgan fingerprint density at radius 2 is 2.00 bits per heavy atom. The number of thioether (sulfide) groups is 1. The summed E-state index contributed by atoms with van der Waals surface area (Å²) >= 11 is 1.79. The summed E-state index contributed by atoms with van der Waals surface area (Å²) in [5, 5.41) is 12.6. The van der Waals surface area contributed by atoms with Gasteiger partial charge in [0.15, 0.2) is 0 Å². The average molecular weight is 309 g/mol. The Labute approximate surface area is 132 Å². The van der Waals surface area contributed by atoms with Crippen molar-refractivity contribution in [2.24, 2.45) is 0 Å². The lowest BCUT2D eigenvalue weighted by Crippen LogP contribution is -2.52. The number of rotatable bonds is 8. The zero-order chi connectivity index (χ0) is 16.0. The van der Waals surface area contributed by atoms with Crippen LogP contribution in [0.1, 0.15) is 44.7 Å². The Morgan fingerprint density at radius 3 is 2.52 bits per heavy atom. The van der Waals surface area contributed by atoms with Gasteiger partial charge in [-0.3, -0.25) is 10.1 Å². The Hall–Kier alpha value is -1.00. The molecule has 0 aromatic heterocycles. The van der Waals surface area contributed by atoms with Gasteiger partial charge in [-0.2, -0.15) is 0 Å². The van der Waals surface area contributed by atoms with Gasteiger partial charge in [0.25, 0.3) is 0 Å². The number of carboxylic acids is 1. The molecule has 3 nitrogen and oxygen atoms in total. The summed E-state index contributed by atoms with van der Waals surface area (Å²) in [5.74, 6) is 0.165. The molecule has 21 heavy (non-hydrogen) atoms. The molecule has 0 aliphatic heterocycles. The highest BCUT2D eigenvalue weighted by atomic mass is 32.2. The van der Waals surface area contributed by atoms with E-state index in [2.05, 4.69) is 37.4 Å². The van der Waals surface area contributed by atoms with Crippen LogP contribution >= 0.6 is 11.8 Å². The smallest absolute Gasteiger partial charge is 0.323 e. The van der Waals surface area contributed by atoms with Crippen LogP contribution < -0.4 is 5.32 Å². The molecule has 1 aromatic carbocycles. The fourth-order valence-electron chi connectivity index (χ4n) is 2.30. The molecule has 1 rings (SSSR count). The van der Waals surface area contributed by atoms with Crippen molar-refractivity contribution in [3.05, 3.63) is 29.3 Å². The largest absolute Gasteiger partial charge is 0.480 e. The van der Waals surface area contributed by atoms with Gasteiger partial charge in [-0.15, -0.1) is 11.8 Å². The Bertz CT molecular complexity index is 488. The molecule has 0 aliphatic rings. The van der Waals surface area contributed by atoms with Crippen molar-refractivity contribution in [1.29, 1.82) is 0 Å². The number of aryl methyl sites for hydroxylation is 2. The standard InChI is InChI=1S/C17H27NO2S/c1-12(2)18-17(5,16(19)20)9-6-10-21-15-8-7-13(3)14(4)11-15/h7-8,11-12,18H,6,9-10H2,1-5H3,(H,19,20). The summed E-state index contributed by atoms with van der Waals surface area (Å²) in [6.07, 6.45) is 1.51. The Kier molecular flexibility index (Phi) is 6.75. The Balaban J connectivity index is 2.47. The lowest BCUT2D eigenvalue weighted by molar-refractivity contribution is -0.144. The molecule has 118 valence electrons. The van der Waals surface area contributed by atoms with E-state index in [1.807, 2.05) is 13.8 Å². The summed E-state index contributed by atoms with van der Waals surface area (Å²) in [6, 6.07) is 6.64. The van der Waals surface area contributed by atoms with Crippen LogP contribution in [0.15, 0.2) is 23.1 Å². The molecule has 1 aromatic rings. The van der Waals surface area contributed by atoms with Crippen LogP contribution in [-0.4, -0.2) is 28.4 Å². The minimum absolute atomic E-state index is 0.165. The molecule has 1 atom stereocenters. The van der Waals surface area contributed by atoms with Crippen LogP contribution in [-0.2, 0) is 4.79 Å². The second-order valence-electron chi connectivity index (χ2n) is 6.13. The molecule has 1 unspecified atom stereocenters. The zero-order valence-corrected chi connectivity index (χ0v) is 14.5. The maximum absolute atomic E-state index is 11.4. The molecule has 0 amide bonds. The third kappa shape index (κ3) is 5.71. The molecule has 4 heteroatoms. The highest BCUT2D eigenvalue weighted by molar-refractivity contribution is 7.99. The summed E-state index contributed by atoms with van der Waals surface area (Å²) in [5.41, 5.74) is 1.77. The van der Waals surface area contributed by atoms with Gasteiger partial charge in [0.05, 0.1) is 0 Å². The number of nitrogens with one attached hydrogen (secondary N) is 1.